The molecule has 0 aliphatic carbocycles. The summed E-state index contributed by atoms with van der Waals surface area (Å²) in [5.74, 6) is 1.24. The van der Waals surface area contributed by atoms with E-state index in [9.17, 15) is 4.79 Å². The number of nitrogens with zero attached hydrogens (tertiary/aromatic N) is 1. The second kappa shape index (κ2) is 7.85. The average Bonchev–Trinajstić information content (AvgIpc) is 2.53. The summed E-state index contributed by atoms with van der Waals surface area (Å²) < 4.78 is 15.7. The SMILES string of the molecule is COc1ccc(NC(=O)CCN2CCOCC2)cc1OC. The molecular weight excluding hydrogens is 272 g/mol. The molecule has 1 heterocycles. The lowest BCUT2D eigenvalue weighted by molar-refractivity contribution is -0.116. The molecule has 6 nitrogen and oxygen atoms in total. The van der Waals surface area contributed by atoms with Gasteiger partial charge < -0.3 is 19.5 Å². The molecule has 0 atom stereocenters. The molecule has 0 spiro atoms. The van der Waals surface area contributed by atoms with Gasteiger partial charge in [-0.05, 0) is 12.1 Å². The summed E-state index contributed by atoms with van der Waals surface area (Å²) in [7, 11) is 3.15. The van der Waals surface area contributed by atoms with E-state index in [2.05, 4.69) is 10.2 Å². The molecule has 1 aliphatic heterocycles. The van der Waals surface area contributed by atoms with Crippen LogP contribution in [0.1, 0.15) is 6.42 Å². The fourth-order valence-electron chi connectivity index (χ4n) is 2.22. The third kappa shape index (κ3) is 4.61. The summed E-state index contributed by atoms with van der Waals surface area (Å²) in [6.45, 7) is 4.03. The first-order valence-corrected chi connectivity index (χ1v) is 7.05. The first-order chi connectivity index (χ1) is 10.2. The van der Waals surface area contributed by atoms with Crippen LogP contribution >= 0.6 is 0 Å². The molecule has 1 amide bonds. The molecule has 1 aromatic carbocycles. The van der Waals surface area contributed by atoms with Crippen molar-refractivity contribution in [3.63, 3.8) is 0 Å². The summed E-state index contributed by atoms with van der Waals surface area (Å²) >= 11 is 0. The Morgan fingerprint density at radius 2 is 1.95 bits per heavy atom. The quantitative estimate of drug-likeness (QED) is 0.858. The van der Waals surface area contributed by atoms with Gasteiger partial charge in [0.2, 0.25) is 5.91 Å². The summed E-state index contributed by atoms with van der Waals surface area (Å²) in [5, 5.41) is 2.88. The average molecular weight is 294 g/mol. The largest absolute Gasteiger partial charge is 0.493 e. The molecule has 0 aromatic heterocycles. The molecule has 0 saturated carbocycles. The Bertz CT molecular complexity index is 473. The Balaban J connectivity index is 1.84. The molecular formula is C15H22N2O4. The Labute approximate surface area is 125 Å². The predicted octanol–water partition coefficient (Wildman–Crippen LogP) is 1.36. The molecule has 6 heteroatoms. The van der Waals surface area contributed by atoms with Crippen LogP contribution in [0.5, 0.6) is 11.5 Å². The molecule has 2 rings (SSSR count). The summed E-state index contributed by atoms with van der Waals surface area (Å²) in [6.07, 6.45) is 0.467. The highest BCUT2D eigenvalue weighted by Gasteiger charge is 2.12. The minimum atomic E-state index is -0.00582. The van der Waals surface area contributed by atoms with Crippen molar-refractivity contribution < 1.29 is 19.0 Å². The Kier molecular flexibility index (Phi) is 5.83. The molecule has 0 radical (unpaired) electrons. The van der Waals surface area contributed by atoms with Crippen LogP contribution in [0.4, 0.5) is 5.69 Å². The van der Waals surface area contributed by atoms with E-state index in [1.165, 1.54) is 0 Å². The van der Waals surface area contributed by atoms with E-state index in [0.717, 1.165) is 32.8 Å². The van der Waals surface area contributed by atoms with Crippen molar-refractivity contribution in [3.8, 4) is 11.5 Å². The summed E-state index contributed by atoms with van der Waals surface area (Å²) in [6, 6.07) is 5.33. The number of nitrogens with one attached hydrogen (secondary N) is 1. The van der Waals surface area contributed by atoms with Crippen molar-refractivity contribution in [2.45, 2.75) is 6.42 Å². The Morgan fingerprint density at radius 3 is 2.62 bits per heavy atom. The van der Waals surface area contributed by atoms with Crippen molar-refractivity contribution in [2.75, 3.05) is 52.4 Å². The molecule has 0 unspecified atom stereocenters. The zero-order chi connectivity index (χ0) is 15.1. The maximum Gasteiger partial charge on any atom is 0.225 e. The van der Waals surface area contributed by atoms with E-state index in [1.807, 2.05) is 0 Å². The number of morpholine rings is 1. The summed E-state index contributed by atoms with van der Waals surface area (Å²) in [4.78, 5) is 14.2. The number of hydrogen-bond acceptors (Lipinski definition) is 5. The van der Waals surface area contributed by atoms with Crippen molar-refractivity contribution in [2.24, 2.45) is 0 Å². The van der Waals surface area contributed by atoms with Crippen LogP contribution in [0.15, 0.2) is 18.2 Å². The number of hydrogen-bond donors (Lipinski definition) is 1. The molecule has 1 aromatic rings. The molecule has 1 N–H and O–H groups in total. The minimum Gasteiger partial charge on any atom is -0.493 e. The van der Waals surface area contributed by atoms with Gasteiger partial charge in [-0.3, -0.25) is 9.69 Å². The van der Waals surface area contributed by atoms with Gasteiger partial charge in [0, 0.05) is 37.8 Å². The second-order valence-corrected chi connectivity index (χ2v) is 4.82. The highest BCUT2D eigenvalue weighted by molar-refractivity contribution is 5.91. The van der Waals surface area contributed by atoms with Crippen LogP contribution in [0.3, 0.4) is 0 Å². The predicted molar refractivity (Wildman–Crippen MR) is 80.1 cm³/mol. The van der Waals surface area contributed by atoms with Gasteiger partial charge in [-0.2, -0.15) is 0 Å². The molecule has 1 saturated heterocycles. The van der Waals surface area contributed by atoms with Crippen LogP contribution in [0.2, 0.25) is 0 Å². The maximum atomic E-state index is 12.0. The van der Waals surface area contributed by atoms with Crippen molar-refractivity contribution >= 4 is 11.6 Å². The fourth-order valence-corrected chi connectivity index (χ4v) is 2.22. The van der Waals surface area contributed by atoms with Crippen LogP contribution in [0.25, 0.3) is 0 Å². The summed E-state index contributed by atoms with van der Waals surface area (Å²) in [5.41, 5.74) is 0.708. The lowest BCUT2D eigenvalue weighted by atomic mass is 10.2. The number of carbonyl (C=O) groups excluding carboxylic acids is 1. The molecule has 0 bridgehead atoms. The smallest absolute Gasteiger partial charge is 0.225 e. The first kappa shape index (κ1) is 15.6. The van der Waals surface area contributed by atoms with Crippen molar-refractivity contribution in [1.29, 1.82) is 0 Å². The van der Waals surface area contributed by atoms with Gasteiger partial charge in [0.15, 0.2) is 11.5 Å². The number of ether oxygens (including phenoxy) is 3. The van der Waals surface area contributed by atoms with E-state index < -0.39 is 0 Å². The Morgan fingerprint density at radius 1 is 1.24 bits per heavy atom. The standard InChI is InChI=1S/C15H22N2O4/c1-19-13-4-3-12(11-14(13)20-2)16-15(18)5-6-17-7-9-21-10-8-17/h3-4,11H,5-10H2,1-2H3,(H,16,18). The van der Waals surface area contributed by atoms with E-state index in [-0.39, 0.29) is 5.91 Å². The zero-order valence-corrected chi connectivity index (χ0v) is 12.6. The van der Waals surface area contributed by atoms with Gasteiger partial charge in [0.1, 0.15) is 0 Å². The second-order valence-electron chi connectivity index (χ2n) is 4.82. The van der Waals surface area contributed by atoms with Gasteiger partial charge in [-0.15, -0.1) is 0 Å². The van der Waals surface area contributed by atoms with Crippen LogP contribution in [0, 0.1) is 0 Å². The van der Waals surface area contributed by atoms with E-state index in [0.29, 0.717) is 23.6 Å². The van der Waals surface area contributed by atoms with E-state index in [1.54, 1.807) is 32.4 Å². The lowest BCUT2D eigenvalue weighted by Crippen LogP contribution is -2.38. The minimum absolute atomic E-state index is 0.00582. The number of carbonyl (C=O) groups is 1. The van der Waals surface area contributed by atoms with E-state index >= 15 is 0 Å². The van der Waals surface area contributed by atoms with Crippen molar-refractivity contribution in [3.05, 3.63) is 18.2 Å². The van der Waals surface area contributed by atoms with Crippen LogP contribution < -0.4 is 14.8 Å². The third-order valence-electron chi connectivity index (χ3n) is 3.43. The van der Waals surface area contributed by atoms with Gasteiger partial charge in [-0.1, -0.05) is 0 Å². The first-order valence-electron chi connectivity index (χ1n) is 7.05. The molecule has 21 heavy (non-hydrogen) atoms. The van der Waals surface area contributed by atoms with Gasteiger partial charge in [0.05, 0.1) is 27.4 Å². The number of anilines is 1. The van der Waals surface area contributed by atoms with E-state index in [4.69, 9.17) is 14.2 Å². The van der Waals surface area contributed by atoms with Crippen LogP contribution in [-0.2, 0) is 9.53 Å². The number of methoxy groups -OCH3 is 2. The molecule has 116 valence electrons. The van der Waals surface area contributed by atoms with Crippen molar-refractivity contribution in [1.82, 2.24) is 4.90 Å². The fraction of sp³-hybridized carbons (Fsp3) is 0.533. The molecule has 1 aliphatic rings. The monoisotopic (exact) mass is 294 g/mol. The Hall–Kier alpha value is -1.79. The maximum absolute atomic E-state index is 12.0. The topological polar surface area (TPSA) is 60.0 Å². The zero-order valence-electron chi connectivity index (χ0n) is 12.6. The normalized spacial score (nSPS) is 15.5. The highest BCUT2D eigenvalue weighted by atomic mass is 16.5. The number of rotatable bonds is 6. The van der Waals surface area contributed by atoms with Gasteiger partial charge in [0.25, 0.3) is 0 Å². The van der Waals surface area contributed by atoms with Crippen LogP contribution in [-0.4, -0.2) is 57.9 Å². The number of benzene rings is 1. The van der Waals surface area contributed by atoms with Gasteiger partial charge >= 0.3 is 0 Å². The lowest BCUT2D eigenvalue weighted by Gasteiger charge is -2.26. The highest BCUT2D eigenvalue weighted by Crippen LogP contribution is 2.29. The number of amides is 1. The van der Waals surface area contributed by atoms with Gasteiger partial charge in [-0.25, -0.2) is 0 Å². The molecule has 1 fully saturated rings. The third-order valence-corrected chi connectivity index (χ3v) is 3.43.